The van der Waals surface area contributed by atoms with Crippen LogP contribution >= 0.6 is 23.4 Å². The topological polar surface area (TPSA) is 95.3 Å². The minimum atomic E-state index is -0.521. The maximum atomic E-state index is 12.6. The van der Waals surface area contributed by atoms with Crippen LogP contribution in [-0.4, -0.2) is 39.5 Å². The number of ether oxygens (including phenoxy) is 2. The number of esters is 1. The van der Waals surface area contributed by atoms with Gasteiger partial charge in [-0.15, -0.1) is 16.8 Å². The van der Waals surface area contributed by atoms with Crippen molar-refractivity contribution < 1.29 is 19.1 Å². The first kappa shape index (κ1) is 26.2. The number of thioether (sulfide) groups is 1. The third-order valence-electron chi connectivity index (χ3n) is 5.60. The van der Waals surface area contributed by atoms with Crippen molar-refractivity contribution in [3.05, 3.63) is 89.2 Å². The van der Waals surface area contributed by atoms with Gasteiger partial charge in [0, 0.05) is 6.54 Å². The van der Waals surface area contributed by atoms with E-state index in [1.807, 2.05) is 35.8 Å². The number of hydrogen-bond acceptors (Lipinski definition) is 7. The molecular formula is C27H25ClN4O4S. The summed E-state index contributed by atoms with van der Waals surface area (Å²) in [6, 6.07) is 16.6. The summed E-state index contributed by atoms with van der Waals surface area (Å²) in [7, 11) is 1.29. The van der Waals surface area contributed by atoms with Gasteiger partial charge < -0.3 is 14.8 Å². The SMILES string of the molecule is C=CCn1c(COc2ccc3ccccc3c2C)nnc1SCC(=O)Nc1cc(C(=O)OC)ccc1Cl. The number of anilines is 1. The maximum absolute atomic E-state index is 12.6. The average molecular weight is 537 g/mol. The number of allylic oxidation sites excluding steroid dienone is 1. The van der Waals surface area contributed by atoms with Gasteiger partial charge in [0.05, 0.1) is 29.1 Å². The van der Waals surface area contributed by atoms with Gasteiger partial charge in [0.25, 0.3) is 0 Å². The molecule has 0 aliphatic rings. The van der Waals surface area contributed by atoms with E-state index in [0.717, 1.165) is 22.1 Å². The Hall–Kier alpha value is -3.82. The number of methoxy groups -OCH3 is 1. The Morgan fingerprint density at radius 1 is 1.16 bits per heavy atom. The molecule has 1 aromatic heterocycles. The fourth-order valence-corrected chi connectivity index (χ4v) is 4.66. The molecule has 4 rings (SSSR count). The van der Waals surface area contributed by atoms with Gasteiger partial charge in [0.1, 0.15) is 12.4 Å². The number of nitrogens with one attached hydrogen (secondary N) is 1. The average Bonchev–Trinajstić information content (AvgIpc) is 3.29. The number of rotatable bonds is 10. The Balaban J connectivity index is 1.42. The van der Waals surface area contributed by atoms with Crippen molar-refractivity contribution in [2.75, 3.05) is 18.2 Å². The first-order valence-electron chi connectivity index (χ1n) is 11.4. The van der Waals surface area contributed by atoms with Crippen LogP contribution in [0.1, 0.15) is 21.7 Å². The molecule has 4 aromatic rings. The van der Waals surface area contributed by atoms with Crippen LogP contribution in [0, 0.1) is 6.92 Å². The number of hydrogen-bond donors (Lipinski definition) is 1. The summed E-state index contributed by atoms with van der Waals surface area (Å²) in [6.07, 6.45) is 1.73. The molecule has 0 spiro atoms. The molecule has 0 aliphatic carbocycles. The lowest BCUT2D eigenvalue weighted by molar-refractivity contribution is -0.113. The van der Waals surface area contributed by atoms with Crippen molar-refractivity contribution in [3.8, 4) is 5.75 Å². The number of aryl methyl sites for hydroxylation is 1. The molecule has 0 saturated heterocycles. The van der Waals surface area contributed by atoms with Gasteiger partial charge in [-0.2, -0.15) is 0 Å². The van der Waals surface area contributed by atoms with Gasteiger partial charge in [-0.3, -0.25) is 9.36 Å². The van der Waals surface area contributed by atoms with Crippen LogP contribution in [0.25, 0.3) is 10.8 Å². The lowest BCUT2D eigenvalue weighted by Crippen LogP contribution is -2.16. The predicted octanol–water partition coefficient (Wildman–Crippen LogP) is 5.68. The van der Waals surface area contributed by atoms with Crippen molar-refractivity contribution in [2.24, 2.45) is 0 Å². The number of fused-ring (bicyclic) bond motifs is 1. The van der Waals surface area contributed by atoms with Crippen LogP contribution < -0.4 is 10.1 Å². The molecule has 1 heterocycles. The van der Waals surface area contributed by atoms with E-state index in [9.17, 15) is 9.59 Å². The fraction of sp³-hybridized carbons (Fsp3) is 0.185. The standard InChI is InChI=1S/C27H25ClN4O4S/c1-4-13-32-24(15-36-23-12-10-18-7-5-6-8-20(18)17(23)2)30-31-27(32)37-16-25(33)29-22-14-19(26(34)35-3)9-11-21(22)28/h4-12,14H,1,13,15-16H2,2-3H3,(H,29,33). The summed E-state index contributed by atoms with van der Waals surface area (Å²) in [5, 5.41) is 14.4. The van der Waals surface area contributed by atoms with Gasteiger partial charge >= 0.3 is 5.97 Å². The molecule has 0 radical (unpaired) electrons. The largest absolute Gasteiger partial charge is 0.485 e. The summed E-state index contributed by atoms with van der Waals surface area (Å²) in [4.78, 5) is 24.4. The Kier molecular flexibility index (Phi) is 8.47. The summed E-state index contributed by atoms with van der Waals surface area (Å²) in [5.41, 5.74) is 1.66. The van der Waals surface area contributed by atoms with Crippen LogP contribution in [0.4, 0.5) is 5.69 Å². The summed E-state index contributed by atoms with van der Waals surface area (Å²) < 4.78 is 12.7. The van der Waals surface area contributed by atoms with Crippen LogP contribution in [-0.2, 0) is 22.7 Å². The molecule has 0 bridgehead atoms. The quantitative estimate of drug-likeness (QED) is 0.158. The van der Waals surface area contributed by atoms with Crippen molar-refractivity contribution in [2.45, 2.75) is 25.2 Å². The number of halogens is 1. The maximum Gasteiger partial charge on any atom is 0.337 e. The number of aromatic nitrogens is 3. The molecule has 0 fully saturated rings. The third kappa shape index (κ3) is 6.12. The van der Waals surface area contributed by atoms with E-state index in [4.69, 9.17) is 21.1 Å². The molecule has 1 N–H and O–H groups in total. The van der Waals surface area contributed by atoms with E-state index in [1.165, 1.54) is 37.1 Å². The molecule has 10 heteroatoms. The Labute approximate surface area is 223 Å². The first-order valence-corrected chi connectivity index (χ1v) is 12.7. The Morgan fingerprint density at radius 3 is 2.76 bits per heavy atom. The summed E-state index contributed by atoms with van der Waals surface area (Å²) in [5.74, 6) is 0.605. The lowest BCUT2D eigenvalue weighted by Gasteiger charge is -2.12. The number of nitrogens with zero attached hydrogens (tertiary/aromatic N) is 3. The minimum Gasteiger partial charge on any atom is -0.485 e. The van der Waals surface area contributed by atoms with E-state index in [2.05, 4.69) is 34.2 Å². The zero-order chi connectivity index (χ0) is 26.4. The molecule has 0 aliphatic heterocycles. The second-order valence-corrected chi connectivity index (χ2v) is 9.37. The van der Waals surface area contributed by atoms with E-state index >= 15 is 0 Å². The highest BCUT2D eigenvalue weighted by Crippen LogP contribution is 2.28. The molecule has 3 aromatic carbocycles. The van der Waals surface area contributed by atoms with Crippen LogP contribution in [0.3, 0.4) is 0 Å². The molecule has 0 saturated carbocycles. The third-order valence-corrected chi connectivity index (χ3v) is 6.90. The number of amides is 1. The Bertz CT molecular complexity index is 1470. The van der Waals surface area contributed by atoms with Crippen molar-refractivity contribution in [1.82, 2.24) is 14.8 Å². The lowest BCUT2D eigenvalue weighted by atomic mass is 10.0. The smallest absolute Gasteiger partial charge is 0.337 e. The van der Waals surface area contributed by atoms with E-state index < -0.39 is 5.97 Å². The number of carbonyl (C=O) groups is 2. The van der Waals surface area contributed by atoms with Crippen molar-refractivity contribution in [1.29, 1.82) is 0 Å². The fourth-order valence-electron chi connectivity index (χ4n) is 3.73. The van der Waals surface area contributed by atoms with Crippen molar-refractivity contribution in [3.63, 3.8) is 0 Å². The van der Waals surface area contributed by atoms with Gasteiger partial charge in [-0.25, -0.2) is 4.79 Å². The summed E-state index contributed by atoms with van der Waals surface area (Å²) >= 11 is 7.40. The normalized spacial score (nSPS) is 10.8. The zero-order valence-electron chi connectivity index (χ0n) is 20.4. The molecule has 8 nitrogen and oxygen atoms in total. The highest BCUT2D eigenvalue weighted by molar-refractivity contribution is 7.99. The van der Waals surface area contributed by atoms with Gasteiger partial charge in [-0.05, 0) is 47.5 Å². The first-order chi connectivity index (χ1) is 17.9. The monoisotopic (exact) mass is 536 g/mol. The number of carbonyl (C=O) groups excluding carboxylic acids is 2. The van der Waals surface area contributed by atoms with Crippen LogP contribution in [0.5, 0.6) is 5.75 Å². The molecule has 1 amide bonds. The van der Waals surface area contributed by atoms with E-state index in [0.29, 0.717) is 28.2 Å². The van der Waals surface area contributed by atoms with Gasteiger partial charge in [0.2, 0.25) is 5.91 Å². The molecule has 0 unspecified atom stereocenters. The zero-order valence-corrected chi connectivity index (χ0v) is 21.9. The predicted molar refractivity (Wildman–Crippen MR) is 145 cm³/mol. The second kappa shape index (κ2) is 11.9. The minimum absolute atomic E-state index is 0.0543. The van der Waals surface area contributed by atoms with Gasteiger partial charge in [0.15, 0.2) is 11.0 Å². The molecule has 190 valence electrons. The Morgan fingerprint density at radius 2 is 1.97 bits per heavy atom. The highest BCUT2D eigenvalue weighted by Gasteiger charge is 2.16. The molecule has 37 heavy (non-hydrogen) atoms. The summed E-state index contributed by atoms with van der Waals surface area (Å²) in [6.45, 7) is 6.51. The van der Waals surface area contributed by atoms with Crippen LogP contribution in [0.15, 0.2) is 72.4 Å². The van der Waals surface area contributed by atoms with E-state index in [1.54, 1.807) is 6.08 Å². The molecular weight excluding hydrogens is 512 g/mol. The highest BCUT2D eigenvalue weighted by atomic mass is 35.5. The second-order valence-electron chi connectivity index (χ2n) is 8.02. The molecule has 0 atom stereocenters. The number of benzene rings is 3. The van der Waals surface area contributed by atoms with Crippen LogP contribution in [0.2, 0.25) is 5.02 Å². The van der Waals surface area contributed by atoms with Gasteiger partial charge in [-0.1, -0.05) is 59.8 Å². The van der Waals surface area contributed by atoms with Crippen molar-refractivity contribution >= 4 is 51.7 Å². The van der Waals surface area contributed by atoms with E-state index in [-0.39, 0.29) is 23.8 Å².